The molecule has 13 heteroatoms. The summed E-state index contributed by atoms with van der Waals surface area (Å²) in [6.07, 6.45) is -2.24. The van der Waals surface area contributed by atoms with Gasteiger partial charge in [-0.3, -0.25) is 9.36 Å². The summed E-state index contributed by atoms with van der Waals surface area (Å²) >= 11 is 0. The Bertz CT molecular complexity index is 1350. The molecule has 0 radical (unpaired) electrons. The van der Waals surface area contributed by atoms with E-state index in [2.05, 4.69) is 10.1 Å². The summed E-state index contributed by atoms with van der Waals surface area (Å²) < 4.78 is 76.8. The van der Waals surface area contributed by atoms with Crippen LogP contribution in [0.15, 0.2) is 49.1 Å². The second-order valence-corrected chi connectivity index (χ2v) is 7.24. The fourth-order valence-corrected chi connectivity index (χ4v) is 3.51. The molecule has 0 aliphatic rings. The van der Waals surface area contributed by atoms with Crippen LogP contribution in [0.4, 0.5) is 22.0 Å². The molecule has 1 unspecified atom stereocenters. The Labute approximate surface area is 194 Å². The fraction of sp³-hybridized carbons (Fsp3) is 0.227. The smallest absolute Gasteiger partial charge is 0.333 e. The normalized spacial score (nSPS) is 12.4. The zero-order valence-corrected chi connectivity index (χ0v) is 18.3. The summed E-state index contributed by atoms with van der Waals surface area (Å²) in [5, 5.41) is 5.20. The van der Waals surface area contributed by atoms with Crippen molar-refractivity contribution in [1.29, 1.82) is 0 Å². The number of carbonyl (C=O) groups is 1. The summed E-state index contributed by atoms with van der Waals surface area (Å²) in [5.74, 6) is -1.23. The molecular weight excluding hydrogens is 477 g/mol. The second kappa shape index (κ2) is 9.60. The molecule has 2 aromatic heterocycles. The number of hydrogen-bond donors (Lipinski definition) is 1. The van der Waals surface area contributed by atoms with E-state index in [9.17, 15) is 26.7 Å². The van der Waals surface area contributed by atoms with Crippen LogP contribution in [0.3, 0.4) is 0 Å². The number of aromatic nitrogens is 4. The van der Waals surface area contributed by atoms with Crippen LogP contribution >= 0.6 is 0 Å². The van der Waals surface area contributed by atoms with Crippen LogP contribution in [0.25, 0.3) is 27.8 Å². The summed E-state index contributed by atoms with van der Waals surface area (Å²) in [7, 11) is 2.51. The first-order chi connectivity index (χ1) is 16.7. The molecular formula is C22H18F5N5O3. The Morgan fingerprint density at radius 3 is 2.26 bits per heavy atom. The van der Waals surface area contributed by atoms with E-state index in [0.29, 0.717) is 32.5 Å². The predicted molar refractivity (Wildman–Crippen MR) is 115 cm³/mol. The van der Waals surface area contributed by atoms with E-state index in [4.69, 9.17) is 9.47 Å². The van der Waals surface area contributed by atoms with Crippen molar-refractivity contribution in [2.24, 2.45) is 0 Å². The molecule has 184 valence electrons. The fourth-order valence-electron chi connectivity index (χ4n) is 3.51. The average Bonchev–Trinajstić information content (AvgIpc) is 3.50. The lowest BCUT2D eigenvalue weighted by molar-refractivity contribution is 0.0285. The highest BCUT2D eigenvalue weighted by atomic mass is 19.3. The number of nitrogens with one attached hydrogen (secondary N) is 1. The van der Waals surface area contributed by atoms with Gasteiger partial charge in [0.05, 0.1) is 37.1 Å². The van der Waals surface area contributed by atoms with E-state index in [1.165, 1.54) is 45.1 Å². The minimum Gasteiger partial charge on any atom is -0.496 e. The molecule has 2 heterocycles. The van der Waals surface area contributed by atoms with Gasteiger partial charge in [0.2, 0.25) is 6.30 Å². The van der Waals surface area contributed by atoms with E-state index in [0.717, 1.165) is 0 Å². The van der Waals surface area contributed by atoms with Crippen molar-refractivity contribution >= 4 is 16.9 Å². The number of methoxy groups -OCH3 is 2. The summed E-state index contributed by atoms with van der Waals surface area (Å²) in [5.41, 5.74) is 2.45. The molecule has 1 N–H and O–H groups in total. The highest BCUT2D eigenvalue weighted by molar-refractivity contribution is 6.00. The van der Waals surface area contributed by atoms with Crippen molar-refractivity contribution in [2.75, 3.05) is 14.2 Å². The third-order valence-corrected chi connectivity index (χ3v) is 5.17. The largest absolute Gasteiger partial charge is 0.496 e. The number of amides is 1. The van der Waals surface area contributed by atoms with Gasteiger partial charge >= 0.3 is 6.55 Å². The van der Waals surface area contributed by atoms with Gasteiger partial charge in [0.15, 0.2) is 0 Å². The van der Waals surface area contributed by atoms with Crippen LogP contribution in [0.1, 0.15) is 16.9 Å². The van der Waals surface area contributed by atoms with Crippen molar-refractivity contribution in [3.05, 3.63) is 54.6 Å². The summed E-state index contributed by atoms with van der Waals surface area (Å²) in [4.78, 5) is 16.8. The number of alkyl halides is 5. The highest BCUT2D eigenvalue weighted by Gasteiger charge is 2.27. The van der Waals surface area contributed by atoms with Gasteiger partial charge in [-0.2, -0.15) is 13.9 Å². The molecule has 2 aromatic carbocycles. The van der Waals surface area contributed by atoms with Crippen LogP contribution in [-0.4, -0.2) is 52.2 Å². The maximum absolute atomic E-state index is 13.4. The number of imidazole rings is 1. The second-order valence-electron chi connectivity index (χ2n) is 7.24. The van der Waals surface area contributed by atoms with E-state index < -0.39 is 25.2 Å². The molecule has 0 aliphatic carbocycles. The molecule has 1 amide bonds. The monoisotopic (exact) mass is 495 g/mol. The number of rotatable bonds is 8. The van der Waals surface area contributed by atoms with Gasteiger partial charge in [0.1, 0.15) is 23.4 Å². The van der Waals surface area contributed by atoms with E-state index in [-0.39, 0.29) is 17.1 Å². The van der Waals surface area contributed by atoms with Crippen molar-refractivity contribution in [1.82, 2.24) is 24.6 Å². The third-order valence-electron chi connectivity index (χ3n) is 5.17. The Morgan fingerprint density at radius 2 is 1.69 bits per heavy atom. The Balaban J connectivity index is 1.73. The van der Waals surface area contributed by atoms with Gasteiger partial charge in [-0.15, -0.1) is 0 Å². The highest BCUT2D eigenvalue weighted by Crippen LogP contribution is 2.34. The number of nitrogens with zero attached hydrogens (tertiary/aromatic N) is 4. The van der Waals surface area contributed by atoms with Crippen LogP contribution in [0.2, 0.25) is 0 Å². The topological polar surface area (TPSA) is 83.2 Å². The minimum absolute atomic E-state index is 0.0452. The first-order valence-electron chi connectivity index (χ1n) is 10.0. The summed E-state index contributed by atoms with van der Waals surface area (Å²) in [6, 6.07) is 7.99. The molecule has 8 nitrogen and oxygen atoms in total. The molecule has 4 rings (SSSR count). The van der Waals surface area contributed by atoms with Crippen LogP contribution in [-0.2, 0) is 0 Å². The number of ether oxygens (including phenoxy) is 2. The molecule has 0 saturated carbocycles. The molecule has 1 atom stereocenters. The van der Waals surface area contributed by atoms with Crippen LogP contribution in [0.5, 0.6) is 11.5 Å². The van der Waals surface area contributed by atoms with Gasteiger partial charge in [-0.25, -0.2) is 22.8 Å². The zero-order chi connectivity index (χ0) is 25.3. The number of carbonyl (C=O) groups excluding carboxylic acids is 1. The Morgan fingerprint density at radius 1 is 1.00 bits per heavy atom. The van der Waals surface area contributed by atoms with Crippen molar-refractivity contribution in [3.63, 3.8) is 0 Å². The molecule has 4 aromatic rings. The Hall–Kier alpha value is -4.16. The molecule has 0 saturated heterocycles. The van der Waals surface area contributed by atoms with Crippen LogP contribution in [0, 0.1) is 0 Å². The van der Waals surface area contributed by atoms with E-state index >= 15 is 0 Å². The van der Waals surface area contributed by atoms with Gasteiger partial charge in [0.25, 0.3) is 12.3 Å². The van der Waals surface area contributed by atoms with Gasteiger partial charge in [-0.05, 0) is 17.7 Å². The minimum atomic E-state index is -3.40. The Kier molecular flexibility index (Phi) is 6.58. The molecule has 0 aliphatic heterocycles. The molecule has 35 heavy (non-hydrogen) atoms. The lowest BCUT2D eigenvalue weighted by Gasteiger charge is -2.17. The first kappa shape index (κ1) is 24.0. The van der Waals surface area contributed by atoms with E-state index in [1.807, 2.05) is 0 Å². The number of halogens is 5. The zero-order valence-electron chi connectivity index (χ0n) is 18.3. The maximum atomic E-state index is 13.4. The standard InChI is InChI=1S/C22H18F5N5O3/c1-34-16-6-13(7-17(35-2)18(16)21(33)30-20(25)19(23)24)31-10-28-14-5-11(3-4-15(14)31)12-8-29-32(9-12)22(26)27/h3-10,19-20,22H,1-2H3,(H,30,33). The number of benzene rings is 2. The lowest BCUT2D eigenvalue weighted by Crippen LogP contribution is -2.36. The van der Waals surface area contributed by atoms with Crippen molar-refractivity contribution < 1.29 is 36.2 Å². The molecule has 0 bridgehead atoms. The quantitative estimate of drug-likeness (QED) is 0.286. The first-order valence-corrected chi connectivity index (χ1v) is 10.0. The van der Waals surface area contributed by atoms with Gasteiger partial charge < -0.3 is 14.8 Å². The van der Waals surface area contributed by atoms with Gasteiger partial charge in [0, 0.05) is 23.9 Å². The van der Waals surface area contributed by atoms with Gasteiger partial charge in [-0.1, -0.05) is 6.07 Å². The molecule has 0 spiro atoms. The predicted octanol–water partition coefficient (Wildman–Crippen LogP) is 4.59. The van der Waals surface area contributed by atoms with Crippen LogP contribution < -0.4 is 14.8 Å². The number of fused-ring (bicyclic) bond motifs is 1. The number of hydrogen-bond acceptors (Lipinski definition) is 5. The SMILES string of the molecule is COc1cc(-n2cnc3cc(-c4cnn(C(F)F)c4)ccc32)cc(OC)c1C(=O)NC(F)C(F)F. The van der Waals surface area contributed by atoms with E-state index in [1.54, 1.807) is 28.1 Å². The maximum Gasteiger partial charge on any atom is 0.333 e. The van der Waals surface area contributed by atoms with Crippen molar-refractivity contribution in [3.8, 4) is 28.3 Å². The third kappa shape index (κ3) is 4.61. The molecule has 0 fully saturated rings. The average molecular weight is 495 g/mol. The summed E-state index contributed by atoms with van der Waals surface area (Å²) in [6.45, 7) is -2.76. The van der Waals surface area contributed by atoms with Crippen molar-refractivity contribution in [2.45, 2.75) is 19.3 Å². The lowest BCUT2D eigenvalue weighted by atomic mass is 10.1.